The van der Waals surface area contributed by atoms with Gasteiger partial charge in [-0.25, -0.2) is 4.98 Å². The van der Waals surface area contributed by atoms with Crippen LogP contribution in [0.25, 0.3) is 0 Å². The molecule has 3 N–H and O–H groups in total. The van der Waals surface area contributed by atoms with Crippen LogP contribution in [-0.2, 0) is 4.79 Å². The number of carbonyl (C=O) groups is 1. The zero-order chi connectivity index (χ0) is 11.3. The molecule has 15 heavy (non-hydrogen) atoms. The first kappa shape index (κ1) is 11.9. The molecule has 0 saturated carbocycles. The van der Waals surface area contributed by atoms with Gasteiger partial charge in [0.2, 0.25) is 5.91 Å². The number of amides is 1. The lowest BCUT2D eigenvalue weighted by atomic mass is 10.1. The molecule has 0 radical (unpaired) electrons. The number of hydrogen-bond donors (Lipinski definition) is 2. The third kappa shape index (κ3) is 4.27. The Balaban J connectivity index is 2.51. The minimum Gasteiger partial charge on any atom is -0.327 e. The molecule has 82 valence electrons. The second kappa shape index (κ2) is 5.68. The molecule has 0 saturated heterocycles. The minimum absolute atomic E-state index is 0.107. The maximum Gasteiger partial charge on any atom is 0.227 e. The zero-order valence-corrected chi connectivity index (χ0v) is 9.29. The summed E-state index contributed by atoms with van der Waals surface area (Å²) >= 11 is 5.67. The van der Waals surface area contributed by atoms with E-state index in [1.54, 1.807) is 18.2 Å². The number of carbonyl (C=O) groups excluding carboxylic acids is 1. The normalized spacial score (nSPS) is 12.2. The second-order valence-electron chi connectivity index (χ2n) is 3.27. The average molecular weight is 228 g/mol. The Kier molecular flexibility index (Phi) is 4.52. The third-order valence-electron chi connectivity index (χ3n) is 1.95. The summed E-state index contributed by atoms with van der Waals surface area (Å²) in [4.78, 5) is 15.4. The van der Waals surface area contributed by atoms with Crippen molar-refractivity contribution in [3.05, 3.63) is 23.4 Å². The molecule has 1 rings (SSSR count). The lowest BCUT2D eigenvalue weighted by Crippen LogP contribution is -2.26. The molecular weight excluding hydrogens is 214 g/mol. The predicted octanol–water partition coefficient (Wildman–Crippen LogP) is 1.80. The number of rotatable bonds is 4. The van der Waals surface area contributed by atoms with Crippen LogP contribution in [-0.4, -0.2) is 16.9 Å². The van der Waals surface area contributed by atoms with Crippen LogP contribution in [0.3, 0.4) is 0 Å². The highest BCUT2D eigenvalue weighted by Crippen LogP contribution is 2.09. The Hall–Kier alpha value is -1.13. The number of halogens is 1. The molecule has 1 aromatic heterocycles. The zero-order valence-electron chi connectivity index (χ0n) is 8.53. The Morgan fingerprint density at radius 3 is 3.00 bits per heavy atom. The number of nitrogens with one attached hydrogen (secondary N) is 1. The van der Waals surface area contributed by atoms with E-state index in [2.05, 4.69) is 10.3 Å². The summed E-state index contributed by atoms with van der Waals surface area (Å²) in [6.07, 6.45) is 1.07. The fourth-order valence-corrected chi connectivity index (χ4v) is 1.22. The molecule has 0 fully saturated rings. The molecule has 1 unspecified atom stereocenters. The molecule has 5 heteroatoms. The van der Waals surface area contributed by atoms with Gasteiger partial charge in [0.15, 0.2) is 0 Å². The molecule has 4 nitrogen and oxygen atoms in total. The molecular formula is C10H14ClN3O. The number of anilines is 1. The number of aromatic nitrogens is 1. The van der Waals surface area contributed by atoms with Gasteiger partial charge >= 0.3 is 0 Å². The van der Waals surface area contributed by atoms with Gasteiger partial charge in [-0.3, -0.25) is 4.79 Å². The van der Waals surface area contributed by atoms with Gasteiger partial charge in [-0.1, -0.05) is 24.6 Å². The minimum atomic E-state index is -0.140. The van der Waals surface area contributed by atoms with Crippen LogP contribution in [0.1, 0.15) is 19.8 Å². The van der Waals surface area contributed by atoms with Crippen molar-refractivity contribution in [2.45, 2.75) is 25.8 Å². The second-order valence-corrected chi connectivity index (χ2v) is 3.65. The summed E-state index contributed by atoms with van der Waals surface area (Å²) in [6.45, 7) is 1.94. The molecule has 0 spiro atoms. The van der Waals surface area contributed by atoms with Crippen molar-refractivity contribution >= 4 is 23.3 Å². The molecule has 0 aliphatic rings. The lowest BCUT2D eigenvalue weighted by molar-refractivity contribution is -0.116. The van der Waals surface area contributed by atoms with Gasteiger partial charge in [0.25, 0.3) is 0 Å². The van der Waals surface area contributed by atoms with E-state index in [4.69, 9.17) is 17.3 Å². The lowest BCUT2D eigenvalue weighted by Gasteiger charge is -2.08. The van der Waals surface area contributed by atoms with E-state index in [0.29, 0.717) is 17.4 Å². The van der Waals surface area contributed by atoms with Gasteiger partial charge in [0.05, 0.1) is 0 Å². The van der Waals surface area contributed by atoms with E-state index in [0.717, 1.165) is 6.42 Å². The number of nitrogens with zero attached hydrogens (tertiary/aromatic N) is 1. The smallest absolute Gasteiger partial charge is 0.227 e. The molecule has 1 aromatic rings. The SMILES string of the molecule is CCC(N)CC(=O)Nc1cccc(Cl)n1. The first-order valence-corrected chi connectivity index (χ1v) is 5.17. The van der Waals surface area contributed by atoms with Crippen molar-refractivity contribution in [3.8, 4) is 0 Å². The van der Waals surface area contributed by atoms with Crippen molar-refractivity contribution < 1.29 is 4.79 Å². The topological polar surface area (TPSA) is 68.0 Å². The van der Waals surface area contributed by atoms with Crippen LogP contribution in [0, 0.1) is 0 Å². The van der Waals surface area contributed by atoms with E-state index in [1.807, 2.05) is 6.92 Å². The van der Waals surface area contributed by atoms with Gasteiger partial charge in [0, 0.05) is 12.5 Å². The van der Waals surface area contributed by atoms with Crippen LogP contribution in [0.15, 0.2) is 18.2 Å². The van der Waals surface area contributed by atoms with E-state index in [1.165, 1.54) is 0 Å². The number of nitrogens with two attached hydrogens (primary N) is 1. The van der Waals surface area contributed by atoms with E-state index in [9.17, 15) is 4.79 Å². The summed E-state index contributed by atoms with van der Waals surface area (Å²) in [6, 6.07) is 4.95. The van der Waals surface area contributed by atoms with Crippen LogP contribution < -0.4 is 11.1 Å². The van der Waals surface area contributed by atoms with Crippen LogP contribution >= 0.6 is 11.6 Å². The van der Waals surface area contributed by atoms with Gasteiger partial charge in [-0.05, 0) is 18.6 Å². The molecule has 1 heterocycles. The van der Waals surface area contributed by atoms with Crippen molar-refractivity contribution in [1.82, 2.24) is 4.98 Å². The quantitative estimate of drug-likeness (QED) is 0.771. The molecule has 0 bridgehead atoms. The van der Waals surface area contributed by atoms with E-state index < -0.39 is 0 Å². The van der Waals surface area contributed by atoms with Gasteiger partial charge in [-0.15, -0.1) is 0 Å². The maximum absolute atomic E-state index is 11.4. The van der Waals surface area contributed by atoms with Crippen LogP contribution in [0.2, 0.25) is 5.15 Å². The van der Waals surface area contributed by atoms with Crippen molar-refractivity contribution in [1.29, 1.82) is 0 Å². The fourth-order valence-electron chi connectivity index (χ4n) is 1.05. The average Bonchev–Trinajstić information content (AvgIpc) is 2.17. The Morgan fingerprint density at radius 1 is 1.67 bits per heavy atom. The summed E-state index contributed by atoms with van der Waals surface area (Å²) in [5.41, 5.74) is 5.65. The van der Waals surface area contributed by atoms with Crippen LogP contribution in [0.4, 0.5) is 5.82 Å². The molecule has 1 amide bonds. The molecule has 0 aliphatic carbocycles. The number of pyridine rings is 1. The predicted molar refractivity (Wildman–Crippen MR) is 60.8 cm³/mol. The van der Waals surface area contributed by atoms with Gasteiger partial charge in [-0.2, -0.15) is 0 Å². The fraction of sp³-hybridized carbons (Fsp3) is 0.400. The van der Waals surface area contributed by atoms with E-state index >= 15 is 0 Å². The highest BCUT2D eigenvalue weighted by Gasteiger charge is 2.08. The number of hydrogen-bond acceptors (Lipinski definition) is 3. The molecule has 1 atom stereocenters. The maximum atomic E-state index is 11.4. The molecule has 0 aromatic carbocycles. The summed E-state index contributed by atoms with van der Waals surface area (Å²) in [7, 11) is 0. The van der Waals surface area contributed by atoms with Crippen molar-refractivity contribution in [2.75, 3.05) is 5.32 Å². The standard InChI is InChI=1S/C10H14ClN3O/c1-2-7(12)6-10(15)14-9-5-3-4-8(11)13-9/h3-5,7H,2,6,12H2,1H3,(H,13,14,15). The van der Waals surface area contributed by atoms with Gasteiger partial charge in [0.1, 0.15) is 11.0 Å². The monoisotopic (exact) mass is 227 g/mol. The Labute approximate surface area is 93.8 Å². The van der Waals surface area contributed by atoms with Crippen molar-refractivity contribution in [2.24, 2.45) is 5.73 Å². The highest BCUT2D eigenvalue weighted by molar-refractivity contribution is 6.29. The third-order valence-corrected chi connectivity index (χ3v) is 2.17. The highest BCUT2D eigenvalue weighted by atomic mass is 35.5. The summed E-state index contributed by atoms with van der Waals surface area (Å²) in [5.74, 6) is 0.315. The largest absolute Gasteiger partial charge is 0.327 e. The summed E-state index contributed by atoms with van der Waals surface area (Å²) < 4.78 is 0. The Bertz CT molecular complexity index is 343. The van der Waals surface area contributed by atoms with Gasteiger partial charge < -0.3 is 11.1 Å². The first-order chi connectivity index (χ1) is 7.11. The van der Waals surface area contributed by atoms with E-state index in [-0.39, 0.29) is 11.9 Å². The Morgan fingerprint density at radius 2 is 2.40 bits per heavy atom. The summed E-state index contributed by atoms with van der Waals surface area (Å²) in [5, 5.41) is 2.99. The van der Waals surface area contributed by atoms with Crippen LogP contribution in [0.5, 0.6) is 0 Å². The van der Waals surface area contributed by atoms with Crippen molar-refractivity contribution in [3.63, 3.8) is 0 Å². The molecule has 0 aliphatic heterocycles. The first-order valence-electron chi connectivity index (χ1n) is 4.79.